The molecule has 0 aromatic heterocycles. The van der Waals surface area contributed by atoms with Crippen molar-refractivity contribution in [2.24, 2.45) is 11.8 Å². The Kier molecular flexibility index (Phi) is 4.64. The minimum Gasteiger partial charge on any atom is -0.384 e. The molecule has 2 nitrogen and oxygen atoms in total. The third kappa shape index (κ3) is 3.80. The van der Waals surface area contributed by atoms with Crippen LogP contribution in [0.3, 0.4) is 0 Å². The number of hydrogen-bond donors (Lipinski definition) is 2. The van der Waals surface area contributed by atoms with Crippen molar-refractivity contribution in [3.8, 4) is 0 Å². The molecule has 0 spiro atoms. The van der Waals surface area contributed by atoms with Crippen LogP contribution in [0.15, 0.2) is 30.3 Å². The van der Waals surface area contributed by atoms with E-state index in [0.717, 1.165) is 11.5 Å². The van der Waals surface area contributed by atoms with Gasteiger partial charge < -0.3 is 10.4 Å². The van der Waals surface area contributed by atoms with Crippen molar-refractivity contribution in [3.63, 3.8) is 0 Å². The van der Waals surface area contributed by atoms with Crippen molar-refractivity contribution in [2.75, 3.05) is 6.54 Å². The molecule has 0 bridgehead atoms. The van der Waals surface area contributed by atoms with Crippen molar-refractivity contribution in [1.82, 2.24) is 5.32 Å². The average Bonchev–Trinajstić information content (AvgIpc) is 2.39. The highest BCUT2D eigenvalue weighted by Gasteiger charge is 2.28. The van der Waals surface area contributed by atoms with Crippen LogP contribution in [0.2, 0.25) is 0 Å². The Morgan fingerprint density at radius 2 is 1.89 bits per heavy atom. The van der Waals surface area contributed by atoms with Gasteiger partial charge >= 0.3 is 0 Å². The van der Waals surface area contributed by atoms with E-state index in [2.05, 4.69) is 19.2 Å². The lowest BCUT2D eigenvalue weighted by Gasteiger charge is -2.35. The van der Waals surface area contributed by atoms with Gasteiger partial charge in [0.2, 0.25) is 0 Å². The van der Waals surface area contributed by atoms with Gasteiger partial charge in [0.1, 0.15) is 0 Å². The van der Waals surface area contributed by atoms with Gasteiger partial charge in [-0.2, -0.15) is 0 Å². The van der Waals surface area contributed by atoms with E-state index >= 15 is 0 Å². The molecule has 1 aliphatic carbocycles. The summed E-state index contributed by atoms with van der Waals surface area (Å²) in [6.45, 7) is 7.18. The van der Waals surface area contributed by atoms with Gasteiger partial charge in [-0.3, -0.25) is 0 Å². The van der Waals surface area contributed by atoms with Crippen LogP contribution in [0, 0.1) is 11.8 Å². The summed E-state index contributed by atoms with van der Waals surface area (Å²) in [7, 11) is 0. The summed E-state index contributed by atoms with van der Waals surface area (Å²) in [5, 5.41) is 14.2. The molecule has 4 unspecified atom stereocenters. The summed E-state index contributed by atoms with van der Waals surface area (Å²) in [5.74, 6) is 1.55. The molecule has 0 aliphatic heterocycles. The monoisotopic (exact) mass is 261 g/mol. The van der Waals surface area contributed by atoms with Crippen LogP contribution < -0.4 is 5.32 Å². The van der Waals surface area contributed by atoms with E-state index < -0.39 is 5.60 Å². The van der Waals surface area contributed by atoms with Crippen LogP contribution in [-0.2, 0) is 5.60 Å². The van der Waals surface area contributed by atoms with Gasteiger partial charge in [-0.25, -0.2) is 0 Å². The molecule has 2 heteroatoms. The molecule has 0 radical (unpaired) electrons. The first kappa shape index (κ1) is 14.5. The van der Waals surface area contributed by atoms with Gasteiger partial charge in [-0.15, -0.1) is 0 Å². The zero-order valence-electron chi connectivity index (χ0n) is 12.4. The van der Waals surface area contributed by atoms with Crippen LogP contribution in [-0.4, -0.2) is 17.7 Å². The molecule has 19 heavy (non-hydrogen) atoms. The summed E-state index contributed by atoms with van der Waals surface area (Å²) in [5.41, 5.74) is 0.198. The topological polar surface area (TPSA) is 32.3 Å². The highest BCUT2D eigenvalue weighted by atomic mass is 16.3. The maximum absolute atomic E-state index is 10.6. The van der Waals surface area contributed by atoms with Gasteiger partial charge in [0.15, 0.2) is 0 Å². The van der Waals surface area contributed by atoms with Gasteiger partial charge in [0.25, 0.3) is 0 Å². The van der Waals surface area contributed by atoms with Gasteiger partial charge in [-0.1, -0.05) is 44.2 Å². The van der Waals surface area contributed by atoms with Crippen LogP contribution >= 0.6 is 0 Å². The Morgan fingerprint density at radius 3 is 2.53 bits per heavy atom. The number of hydrogen-bond acceptors (Lipinski definition) is 2. The van der Waals surface area contributed by atoms with Crippen LogP contribution in [0.5, 0.6) is 0 Å². The van der Waals surface area contributed by atoms with Crippen LogP contribution in [0.1, 0.15) is 45.6 Å². The van der Waals surface area contributed by atoms with Crippen LogP contribution in [0.4, 0.5) is 0 Å². The molecular weight excluding hydrogens is 234 g/mol. The van der Waals surface area contributed by atoms with Crippen molar-refractivity contribution in [2.45, 2.75) is 51.7 Å². The smallest absolute Gasteiger partial charge is 0.0992 e. The minimum absolute atomic E-state index is 0.548. The molecule has 1 aromatic rings. The zero-order valence-corrected chi connectivity index (χ0v) is 12.4. The maximum atomic E-state index is 10.6. The zero-order chi connectivity index (χ0) is 13.9. The Hall–Kier alpha value is -0.860. The SMILES string of the molecule is CC1CCC(NCC(C)(O)c2ccccc2)C(C)C1. The first-order chi connectivity index (χ1) is 8.99. The van der Waals surface area contributed by atoms with Crippen molar-refractivity contribution in [3.05, 3.63) is 35.9 Å². The summed E-state index contributed by atoms with van der Waals surface area (Å²) in [6.07, 6.45) is 3.83. The molecule has 0 amide bonds. The highest BCUT2D eigenvalue weighted by Crippen LogP contribution is 2.29. The Bertz CT molecular complexity index is 388. The molecule has 1 aromatic carbocycles. The standard InChI is InChI=1S/C17H27NO/c1-13-9-10-16(14(2)11-13)18-12-17(3,19)15-7-5-4-6-8-15/h4-8,13-14,16,18-19H,9-12H2,1-3H3. The Morgan fingerprint density at radius 1 is 1.21 bits per heavy atom. The second-order valence-electron chi connectivity index (χ2n) is 6.52. The second kappa shape index (κ2) is 6.06. The molecule has 0 saturated heterocycles. The molecule has 1 fully saturated rings. The number of aliphatic hydroxyl groups is 1. The van der Waals surface area contributed by atoms with Crippen LogP contribution in [0.25, 0.3) is 0 Å². The molecule has 106 valence electrons. The van der Waals surface area contributed by atoms with E-state index in [1.807, 2.05) is 37.3 Å². The molecular formula is C17H27NO. The molecule has 1 aliphatic rings. The van der Waals surface area contributed by atoms with Crippen molar-refractivity contribution >= 4 is 0 Å². The summed E-state index contributed by atoms with van der Waals surface area (Å²) in [4.78, 5) is 0. The van der Waals surface area contributed by atoms with Crippen molar-refractivity contribution in [1.29, 1.82) is 0 Å². The molecule has 1 saturated carbocycles. The number of nitrogens with one attached hydrogen (secondary N) is 1. The van der Waals surface area contributed by atoms with E-state index in [0.29, 0.717) is 18.5 Å². The van der Waals surface area contributed by atoms with E-state index in [-0.39, 0.29) is 0 Å². The largest absolute Gasteiger partial charge is 0.384 e. The fourth-order valence-electron chi connectivity index (χ4n) is 3.20. The summed E-state index contributed by atoms with van der Waals surface area (Å²) < 4.78 is 0. The molecule has 2 rings (SSSR count). The minimum atomic E-state index is -0.788. The Labute approximate surface area is 117 Å². The second-order valence-corrected chi connectivity index (χ2v) is 6.52. The number of benzene rings is 1. The lowest BCUT2D eigenvalue weighted by Crippen LogP contribution is -2.45. The summed E-state index contributed by atoms with van der Waals surface area (Å²) >= 11 is 0. The molecule has 0 heterocycles. The highest BCUT2D eigenvalue weighted by molar-refractivity contribution is 5.21. The first-order valence-electron chi connectivity index (χ1n) is 7.50. The fourth-order valence-corrected chi connectivity index (χ4v) is 3.20. The van der Waals surface area contributed by atoms with E-state index in [9.17, 15) is 5.11 Å². The molecule has 2 N–H and O–H groups in total. The normalized spacial score (nSPS) is 30.8. The predicted molar refractivity (Wildman–Crippen MR) is 80.0 cm³/mol. The third-order valence-electron chi connectivity index (χ3n) is 4.54. The van der Waals surface area contributed by atoms with E-state index in [1.165, 1.54) is 19.3 Å². The Balaban J connectivity index is 1.91. The van der Waals surface area contributed by atoms with Gasteiger partial charge in [-0.05, 0) is 43.6 Å². The lowest BCUT2D eigenvalue weighted by molar-refractivity contribution is 0.0481. The van der Waals surface area contributed by atoms with Gasteiger partial charge in [0, 0.05) is 12.6 Å². The average molecular weight is 261 g/mol. The maximum Gasteiger partial charge on any atom is 0.0992 e. The summed E-state index contributed by atoms with van der Waals surface area (Å²) in [6, 6.07) is 10.5. The molecule has 4 atom stereocenters. The van der Waals surface area contributed by atoms with Crippen molar-refractivity contribution < 1.29 is 5.11 Å². The van der Waals surface area contributed by atoms with E-state index in [4.69, 9.17) is 0 Å². The lowest BCUT2D eigenvalue weighted by atomic mass is 9.79. The fraction of sp³-hybridized carbons (Fsp3) is 0.647. The van der Waals surface area contributed by atoms with Gasteiger partial charge in [0.05, 0.1) is 5.60 Å². The first-order valence-corrected chi connectivity index (χ1v) is 7.50. The third-order valence-corrected chi connectivity index (χ3v) is 4.54. The predicted octanol–water partition coefficient (Wildman–Crippen LogP) is 3.31. The van der Waals surface area contributed by atoms with E-state index in [1.54, 1.807) is 0 Å². The quantitative estimate of drug-likeness (QED) is 0.871. The number of rotatable bonds is 4.